The fraction of sp³-hybridized carbons (Fsp3) is 0.281. The van der Waals surface area contributed by atoms with E-state index in [1.165, 1.54) is 55.5 Å². The number of rotatable bonds is 7. The number of hydrogen-bond acceptors (Lipinski definition) is 9. The van der Waals surface area contributed by atoms with Crippen molar-refractivity contribution in [2.24, 2.45) is 7.05 Å². The maximum atomic E-state index is 15.4. The van der Waals surface area contributed by atoms with E-state index in [9.17, 15) is 37.5 Å². The van der Waals surface area contributed by atoms with Crippen molar-refractivity contribution in [2.45, 2.75) is 31.6 Å². The summed E-state index contributed by atoms with van der Waals surface area (Å²) in [6.45, 7) is 0.535. The minimum absolute atomic E-state index is 0.00383. The lowest BCUT2D eigenvalue weighted by Crippen LogP contribution is -2.53. The Labute approximate surface area is 273 Å². The molecule has 2 N–H and O–H groups in total. The number of carboxylic acids is 1. The number of pyridine rings is 1. The predicted molar refractivity (Wildman–Crippen MR) is 167 cm³/mol. The van der Waals surface area contributed by atoms with Crippen LogP contribution in [0, 0.1) is 12.7 Å². The van der Waals surface area contributed by atoms with Gasteiger partial charge in [0.1, 0.15) is 29.6 Å². The normalized spacial score (nSPS) is 15.8. The van der Waals surface area contributed by atoms with Gasteiger partial charge in [-0.05, 0) is 42.3 Å². The number of hydrogen-bond donors (Lipinski definition) is 2. The Morgan fingerprint density at radius 2 is 1.92 bits per heavy atom. The first-order chi connectivity index (χ1) is 23.3. The summed E-state index contributed by atoms with van der Waals surface area (Å²) in [6.07, 6.45) is -1.05. The number of carboxylic acid groups (broad SMARTS) is 1. The van der Waals surface area contributed by atoms with E-state index < -0.39 is 59.4 Å². The van der Waals surface area contributed by atoms with Gasteiger partial charge in [-0.25, -0.2) is 28.5 Å². The summed E-state index contributed by atoms with van der Waals surface area (Å²) in [5, 5.41) is 12.8. The molecule has 2 aromatic carbocycles. The van der Waals surface area contributed by atoms with Gasteiger partial charge in [-0.15, -0.1) is 0 Å². The van der Waals surface area contributed by atoms with Crippen molar-refractivity contribution in [2.75, 3.05) is 24.7 Å². The molecule has 0 spiro atoms. The molecular weight excluding hydrogens is 654 g/mol. The quantitative estimate of drug-likeness (QED) is 0.245. The number of nitrogens with one attached hydrogen (secondary N) is 1. The Morgan fingerprint density at radius 1 is 1.14 bits per heavy atom. The Balaban J connectivity index is 1.32. The lowest BCUT2D eigenvalue weighted by Gasteiger charge is -2.38. The Kier molecular flexibility index (Phi) is 8.62. The summed E-state index contributed by atoms with van der Waals surface area (Å²) in [5.41, 5.74) is -1.24. The van der Waals surface area contributed by atoms with Crippen LogP contribution in [0.3, 0.4) is 0 Å². The molecule has 13 nitrogen and oxygen atoms in total. The zero-order valence-corrected chi connectivity index (χ0v) is 25.9. The van der Waals surface area contributed by atoms with E-state index in [1.807, 2.05) is 0 Å². The second kappa shape index (κ2) is 12.7. The summed E-state index contributed by atoms with van der Waals surface area (Å²) in [6, 6.07) is 4.52. The van der Waals surface area contributed by atoms with Crippen LogP contribution in [0.15, 0.2) is 64.7 Å². The number of alkyl halides is 3. The number of amides is 1. The van der Waals surface area contributed by atoms with Crippen LogP contribution in [-0.4, -0.2) is 79.1 Å². The van der Waals surface area contributed by atoms with Crippen molar-refractivity contribution < 1.29 is 37.0 Å². The minimum Gasteiger partial charge on any atom is -0.480 e. The van der Waals surface area contributed by atoms with Gasteiger partial charge >= 0.3 is 17.8 Å². The van der Waals surface area contributed by atoms with Crippen molar-refractivity contribution in [1.29, 1.82) is 0 Å². The molecule has 5 aromatic rings. The van der Waals surface area contributed by atoms with Crippen LogP contribution in [0.4, 0.5) is 23.2 Å². The molecule has 17 heteroatoms. The molecule has 0 aliphatic carbocycles. The summed E-state index contributed by atoms with van der Waals surface area (Å²) < 4.78 is 63.3. The molecule has 49 heavy (non-hydrogen) atoms. The summed E-state index contributed by atoms with van der Waals surface area (Å²) in [7, 11) is 1.44. The number of carbonyl (C=O) groups is 2. The molecule has 1 aliphatic rings. The number of carbonyl (C=O) groups excluding carboxylic acids is 1. The van der Waals surface area contributed by atoms with Gasteiger partial charge in [-0.3, -0.25) is 19.1 Å². The standard InChI is InChI=1S/C32H27F4N7O6/c1-16-10-18(42-8-9-49-14-24(42)32(34,35)36)12-21(33)25(16)28(44)40-22(30(46)47)11-17-5-6-23(26-19(17)4-3-7-38-26)43-29(45)20-13-37-15-39-27(20)41(2)31(43)48/h3-7,10,12-13,15,22,24H,8-9,11,14H2,1-2H3,(H,40,44)(H,46,47)/t22-,24+/m0/s1. The van der Waals surface area contributed by atoms with Crippen molar-refractivity contribution in [1.82, 2.24) is 29.4 Å². The van der Waals surface area contributed by atoms with Gasteiger partial charge in [0, 0.05) is 43.5 Å². The van der Waals surface area contributed by atoms with Gasteiger partial charge in [0.15, 0.2) is 5.65 Å². The number of ether oxygens (including phenoxy) is 1. The van der Waals surface area contributed by atoms with Crippen LogP contribution in [0.25, 0.3) is 27.6 Å². The molecular formula is C32H27F4N7O6. The minimum atomic E-state index is -4.65. The van der Waals surface area contributed by atoms with E-state index in [0.29, 0.717) is 10.9 Å². The number of aryl methyl sites for hydroxylation is 2. The largest absolute Gasteiger partial charge is 0.480 e. The molecule has 0 radical (unpaired) electrons. The first kappa shape index (κ1) is 33.2. The average Bonchev–Trinajstić information content (AvgIpc) is 3.07. The first-order valence-electron chi connectivity index (χ1n) is 14.8. The Hall–Kier alpha value is -5.71. The number of anilines is 1. The molecule has 1 amide bonds. The van der Waals surface area contributed by atoms with E-state index >= 15 is 4.39 Å². The second-order valence-corrected chi connectivity index (χ2v) is 11.4. The summed E-state index contributed by atoms with van der Waals surface area (Å²) in [4.78, 5) is 65.6. The molecule has 0 saturated carbocycles. The SMILES string of the molecule is Cc1cc(N2CCOC[C@@H]2C(F)(F)F)cc(F)c1C(=O)N[C@@H](Cc1ccc(-n2c(=O)c3cncnc3n(C)c2=O)c2ncccc12)C(=O)O. The monoisotopic (exact) mass is 681 g/mol. The Morgan fingerprint density at radius 3 is 2.63 bits per heavy atom. The number of benzene rings is 2. The third kappa shape index (κ3) is 6.08. The number of nitrogens with zero attached hydrogens (tertiary/aromatic N) is 6. The predicted octanol–water partition coefficient (Wildman–Crippen LogP) is 2.67. The maximum absolute atomic E-state index is 15.4. The van der Waals surface area contributed by atoms with Gasteiger partial charge in [-0.2, -0.15) is 13.2 Å². The van der Waals surface area contributed by atoms with Gasteiger partial charge in [-0.1, -0.05) is 12.1 Å². The van der Waals surface area contributed by atoms with Gasteiger partial charge in [0.25, 0.3) is 11.5 Å². The zero-order chi connectivity index (χ0) is 35.2. The highest BCUT2D eigenvalue weighted by molar-refractivity contribution is 5.99. The molecule has 4 heterocycles. The lowest BCUT2D eigenvalue weighted by molar-refractivity contribution is -0.167. The van der Waals surface area contributed by atoms with E-state index in [-0.39, 0.29) is 53.1 Å². The van der Waals surface area contributed by atoms with Gasteiger partial charge in [0.05, 0.1) is 30.0 Å². The number of halogens is 4. The third-order valence-electron chi connectivity index (χ3n) is 8.36. The number of morpholine rings is 1. The molecule has 3 aromatic heterocycles. The number of aromatic nitrogens is 5. The fourth-order valence-electron chi connectivity index (χ4n) is 5.99. The van der Waals surface area contributed by atoms with Crippen molar-refractivity contribution in [3.05, 3.63) is 98.5 Å². The lowest BCUT2D eigenvalue weighted by atomic mass is 9.99. The van der Waals surface area contributed by atoms with Crippen LogP contribution in [0.1, 0.15) is 21.5 Å². The highest BCUT2D eigenvalue weighted by Crippen LogP contribution is 2.33. The number of fused-ring (bicyclic) bond motifs is 2. The highest BCUT2D eigenvalue weighted by atomic mass is 19.4. The van der Waals surface area contributed by atoms with Gasteiger partial charge < -0.3 is 20.1 Å². The highest BCUT2D eigenvalue weighted by Gasteiger charge is 2.45. The summed E-state index contributed by atoms with van der Waals surface area (Å²) in [5.74, 6) is -3.67. The molecule has 2 atom stereocenters. The fourth-order valence-corrected chi connectivity index (χ4v) is 5.99. The first-order valence-corrected chi connectivity index (χ1v) is 14.8. The summed E-state index contributed by atoms with van der Waals surface area (Å²) >= 11 is 0. The van der Waals surface area contributed by atoms with Crippen molar-refractivity contribution >= 4 is 39.5 Å². The molecule has 1 saturated heterocycles. The van der Waals surface area contributed by atoms with Crippen LogP contribution >= 0.6 is 0 Å². The molecule has 1 aliphatic heterocycles. The van der Waals surface area contributed by atoms with Crippen LogP contribution in [0.2, 0.25) is 0 Å². The Bertz CT molecular complexity index is 2230. The maximum Gasteiger partial charge on any atom is 0.411 e. The molecule has 0 unspecified atom stereocenters. The zero-order valence-electron chi connectivity index (χ0n) is 25.9. The van der Waals surface area contributed by atoms with E-state index in [1.54, 1.807) is 12.1 Å². The van der Waals surface area contributed by atoms with E-state index in [4.69, 9.17) is 4.74 Å². The van der Waals surface area contributed by atoms with Crippen LogP contribution in [0.5, 0.6) is 0 Å². The van der Waals surface area contributed by atoms with E-state index in [0.717, 1.165) is 15.5 Å². The smallest absolute Gasteiger partial charge is 0.411 e. The molecule has 1 fully saturated rings. The molecule has 6 rings (SSSR count). The van der Waals surface area contributed by atoms with E-state index in [2.05, 4.69) is 20.3 Å². The number of aliphatic carboxylic acids is 1. The third-order valence-corrected chi connectivity index (χ3v) is 8.36. The molecule has 254 valence electrons. The van der Waals surface area contributed by atoms with Gasteiger partial charge in [0.2, 0.25) is 0 Å². The van der Waals surface area contributed by atoms with Crippen molar-refractivity contribution in [3.63, 3.8) is 0 Å². The van der Waals surface area contributed by atoms with Crippen LogP contribution in [-0.2, 0) is 23.0 Å². The molecule has 0 bridgehead atoms. The average molecular weight is 682 g/mol. The van der Waals surface area contributed by atoms with Crippen LogP contribution < -0.4 is 21.5 Å². The van der Waals surface area contributed by atoms with Crippen molar-refractivity contribution in [3.8, 4) is 5.69 Å². The second-order valence-electron chi connectivity index (χ2n) is 11.4. The topological polar surface area (TPSA) is 162 Å².